The predicted molar refractivity (Wildman–Crippen MR) is 97.8 cm³/mol. The molecule has 0 spiro atoms. The standard InChI is InChI=1S/C20H31NO4/c1-14-7-5-8-18(15(14)2)25-12-6-11-21(3)20(23)16-9-10-17(22)19(13-16)24-4/h5,7-8,16-17,19,22H,6,9-13H2,1-4H3/t16-,17+,19-/m1/s1. The summed E-state index contributed by atoms with van der Waals surface area (Å²) >= 11 is 0. The van der Waals surface area contributed by atoms with Crippen LogP contribution in [0.25, 0.3) is 0 Å². The Balaban J connectivity index is 1.75. The second kappa shape index (κ2) is 9.20. The molecule has 0 heterocycles. The van der Waals surface area contributed by atoms with Gasteiger partial charge in [0.05, 0.1) is 18.8 Å². The van der Waals surface area contributed by atoms with Crippen molar-refractivity contribution in [2.45, 2.75) is 51.7 Å². The summed E-state index contributed by atoms with van der Waals surface area (Å²) in [6.07, 6.45) is 2.05. The summed E-state index contributed by atoms with van der Waals surface area (Å²) in [5.74, 6) is 0.997. The molecule has 1 aliphatic carbocycles. The average molecular weight is 349 g/mol. The molecule has 25 heavy (non-hydrogen) atoms. The molecule has 140 valence electrons. The van der Waals surface area contributed by atoms with Gasteiger partial charge in [-0.3, -0.25) is 4.79 Å². The van der Waals surface area contributed by atoms with Crippen molar-refractivity contribution >= 4 is 5.91 Å². The van der Waals surface area contributed by atoms with E-state index in [1.807, 2.05) is 19.2 Å². The Morgan fingerprint density at radius 2 is 2.08 bits per heavy atom. The minimum Gasteiger partial charge on any atom is -0.493 e. The SMILES string of the molecule is CO[C@@H]1C[C@H](C(=O)N(C)CCCOc2cccc(C)c2C)CC[C@@H]1O. The van der Waals surface area contributed by atoms with E-state index in [4.69, 9.17) is 9.47 Å². The van der Waals surface area contributed by atoms with E-state index in [9.17, 15) is 9.90 Å². The molecule has 0 bridgehead atoms. The Hall–Kier alpha value is -1.59. The van der Waals surface area contributed by atoms with Crippen molar-refractivity contribution in [3.63, 3.8) is 0 Å². The third kappa shape index (κ3) is 5.19. The Morgan fingerprint density at radius 3 is 2.80 bits per heavy atom. The number of carbonyl (C=O) groups is 1. The number of amides is 1. The maximum absolute atomic E-state index is 12.6. The summed E-state index contributed by atoms with van der Waals surface area (Å²) < 4.78 is 11.1. The first kappa shape index (κ1) is 19.7. The predicted octanol–water partition coefficient (Wildman–Crippen LogP) is 2.71. The molecule has 0 unspecified atom stereocenters. The lowest BCUT2D eigenvalue weighted by Gasteiger charge is -2.33. The van der Waals surface area contributed by atoms with E-state index in [0.29, 0.717) is 26.0 Å². The Kier molecular flexibility index (Phi) is 7.26. The number of hydrogen-bond acceptors (Lipinski definition) is 4. The van der Waals surface area contributed by atoms with Crippen LogP contribution in [-0.4, -0.2) is 55.4 Å². The number of benzene rings is 1. The van der Waals surface area contributed by atoms with Gasteiger partial charge in [-0.1, -0.05) is 12.1 Å². The van der Waals surface area contributed by atoms with E-state index in [-0.39, 0.29) is 17.9 Å². The minimum atomic E-state index is -0.453. The summed E-state index contributed by atoms with van der Waals surface area (Å²) in [4.78, 5) is 14.4. The third-order valence-electron chi connectivity index (χ3n) is 5.24. The van der Waals surface area contributed by atoms with Gasteiger partial charge in [0.15, 0.2) is 0 Å². The molecule has 1 aliphatic rings. The molecule has 2 rings (SSSR count). The van der Waals surface area contributed by atoms with Gasteiger partial charge in [0.1, 0.15) is 5.75 Å². The number of aliphatic hydroxyl groups excluding tert-OH is 1. The topological polar surface area (TPSA) is 59.0 Å². The minimum absolute atomic E-state index is 0.0571. The smallest absolute Gasteiger partial charge is 0.225 e. The average Bonchev–Trinajstić information content (AvgIpc) is 2.61. The highest BCUT2D eigenvalue weighted by Crippen LogP contribution is 2.28. The second-order valence-corrected chi connectivity index (χ2v) is 7.01. The molecule has 3 atom stereocenters. The molecule has 5 nitrogen and oxygen atoms in total. The van der Waals surface area contributed by atoms with E-state index in [1.54, 1.807) is 12.0 Å². The van der Waals surface area contributed by atoms with Crippen LogP contribution in [-0.2, 0) is 9.53 Å². The highest BCUT2D eigenvalue weighted by Gasteiger charge is 2.34. The van der Waals surface area contributed by atoms with E-state index >= 15 is 0 Å². The first-order chi connectivity index (χ1) is 11.9. The first-order valence-corrected chi connectivity index (χ1v) is 9.09. The zero-order valence-corrected chi connectivity index (χ0v) is 15.8. The van der Waals surface area contributed by atoms with Crippen LogP contribution in [0.1, 0.15) is 36.8 Å². The normalized spacial score (nSPS) is 23.3. The third-order valence-corrected chi connectivity index (χ3v) is 5.24. The number of aliphatic hydroxyl groups is 1. The highest BCUT2D eigenvalue weighted by atomic mass is 16.5. The highest BCUT2D eigenvalue weighted by molar-refractivity contribution is 5.78. The summed E-state index contributed by atoms with van der Waals surface area (Å²) in [6.45, 7) is 5.39. The van der Waals surface area contributed by atoms with Gasteiger partial charge in [-0.2, -0.15) is 0 Å². The number of ether oxygens (including phenoxy) is 2. The first-order valence-electron chi connectivity index (χ1n) is 9.09. The molecule has 0 aromatic heterocycles. The molecular weight excluding hydrogens is 318 g/mol. The van der Waals surface area contributed by atoms with E-state index in [2.05, 4.69) is 19.9 Å². The van der Waals surface area contributed by atoms with Crippen LogP contribution in [0.4, 0.5) is 0 Å². The van der Waals surface area contributed by atoms with Crippen LogP contribution in [0, 0.1) is 19.8 Å². The fourth-order valence-electron chi connectivity index (χ4n) is 3.38. The van der Waals surface area contributed by atoms with E-state index in [1.165, 1.54) is 11.1 Å². The summed E-state index contributed by atoms with van der Waals surface area (Å²) in [6, 6.07) is 6.05. The van der Waals surface area contributed by atoms with Gasteiger partial charge in [-0.25, -0.2) is 0 Å². The number of aryl methyl sites for hydroxylation is 1. The Morgan fingerprint density at radius 1 is 1.32 bits per heavy atom. The van der Waals surface area contributed by atoms with Gasteiger partial charge in [0, 0.05) is 26.6 Å². The van der Waals surface area contributed by atoms with Crippen molar-refractivity contribution in [3.05, 3.63) is 29.3 Å². The number of methoxy groups -OCH3 is 1. The second-order valence-electron chi connectivity index (χ2n) is 7.01. The van der Waals surface area contributed by atoms with Crippen LogP contribution in [0.15, 0.2) is 18.2 Å². The molecule has 1 aromatic carbocycles. The fourth-order valence-corrected chi connectivity index (χ4v) is 3.38. The Bertz CT molecular complexity index is 575. The fraction of sp³-hybridized carbons (Fsp3) is 0.650. The molecular formula is C20H31NO4. The summed E-state index contributed by atoms with van der Waals surface area (Å²) in [5, 5.41) is 9.86. The van der Waals surface area contributed by atoms with Crippen molar-refractivity contribution in [2.75, 3.05) is 27.3 Å². The molecule has 5 heteroatoms. The van der Waals surface area contributed by atoms with Crippen molar-refractivity contribution in [1.82, 2.24) is 4.90 Å². The lowest BCUT2D eigenvalue weighted by atomic mass is 9.84. The monoisotopic (exact) mass is 349 g/mol. The Labute approximate surface area is 150 Å². The number of rotatable bonds is 7. The largest absolute Gasteiger partial charge is 0.493 e. The van der Waals surface area contributed by atoms with Crippen LogP contribution >= 0.6 is 0 Å². The lowest BCUT2D eigenvalue weighted by Crippen LogP contribution is -2.42. The van der Waals surface area contributed by atoms with E-state index in [0.717, 1.165) is 18.6 Å². The molecule has 0 saturated heterocycles. The van der Waals surface area contributed by atoms with Gasteiger partial charge in [-0.15, -0.1) is 0 Å². The van der Waals surface area contributed by atoms with Crippen LogP contribution in [0.5, 0.6) is 5.75 Å². The van der Waals surface area contributed by atoms with Crippen LogP contribution in [0.2, 0.25) is 0 Å². The molecule has 1 fully saturated rings. The van der Waals surface area contributed by atoms with Gasteiger partial charge < -0.3 is 19.5 Å². The van der Waals surface area contributed by atoms with Crippen molar-refractivity contribution in [2.24, 2.45) is 5.92 Å². The van der Waals surface area contributed by atoms with E-state index < -0.39 is 6.10 Å². The molecule has 0 aliphatic heterocycles. The zero-order valence-electron chi connectivity index (χ0n) is 15.8. The van der Waals surface area contributed by atoms with Crippen molar-refractivity contribution in [1.29, 1.82) is 0 Å². The quantitative estimate of drug-likeness (QED) is 0.769. The molecule has 0 radical (unpaired) electrons. The number of carbonyl (C=O) groups excluding carboxylic acids is 1. The van der Waals surface area contributed by atoms with Crippen molar-refractivity contribution < 1.29 is 19.4 Å². The zero-order chi connectivity index (χ0) is 18.4. The van der Waals surface area contributed by atoms with Crippen LogP contribution < -0.4 is 4.74 Å². The number of nitrogens with zero attached hydrogens (tertiary/aromatic N) is 1. The molecule has 1 N–H and O–H groups in total. The van der Waals surface area contributed by atoms with Crippen molar-refractivity contribution in [3.8, 4) is 5.75 Å². The van der Waals surface area contributed by atoms with Gasteiger partial charge in [0.25, 0.3) is 0 Å². The van der Waals surface area contributed by atoms with Gasteiger partial charge in [-0.05, 0) is 56.7 Å². The number of hydrogen-bond donors (Lipinski definition) is 1. The van der Waals surface area contributed by atoms with Crippen LogP contribution in [0.3, 0.4) is 0 Å². The molecule has 1 saturated carbocycles. The van der Waals surface area contributed by atoms with Gasteiger partial charge in [0.2, 0.25) is 5.91 Å². The van der Waals surface area contributed by atoms with Gasteiger partial charge >= 0.3 is 0 Å². The summed E-state index contributed by atoms with van der Waals surface area (Å²) in [5.41, 5.74) is 2.38. The molecule has 1 amide bonds. The maximum Gasteiger partial charge on any atom is 0.225 e. The molecule has 1 aromatic rings. The maximum atomic E-state index is 12.6. The lowest BCUT2D eigenvalue weighted by molar-refractivity contribution is -0.139. The summed E-state index contributed by atoms with van der Waals surface area (Å²) in [7, 11) is 3.43.